The summed E-state index contributed by atoms with van der Waals surface area (Å²) in [7, 11) is 0. The Morgan fingerprint density at radius 1 is 1.33 bits per heavy atom. The maximum absolute atomic E-state index is 12.2. The van der Waals surface area contributed by atoms with Gasteiger partial charge in [-0.3, -0.25) is 10.1 Å². The van der Waals surface area contributed by atoms with E-state index in [2.05, 4.69) is 4.57 Å². The van der Waals surface area contributed by atoms with Crippen molar-refractivity contribution in [2.24, 2.45) is 0 Å². The maximum atomic E-state index is 12.2. The smallest absolute Gasteiger partial charge is 0.410 e. The maximum Gasteiger partial charge on any atom is 0.410 e. The van der Waals surface area contributed by atoms with E-state index in [1.54, 1.807) is 17.0 Å². The minimum Gasteiger partial charge on any atom is -0.444 e. The Labute approximate surface area is 139 Å². The van der Waals surface area contributed by atoms with E-state index in [9.17, 15) is 14.9 Å². The van der Waals surface area contributed by atoms with Gasteiger partial charge in [0.25, 0.3) is 5.69 Å². The second kappa shape index (κ2) is 5.81. The van der Waals surface area contributed by atoms with Gasteiger partial charge in [0.05, 0.1) is 11.0 Å². The number of aromatic nitrogens is 1. The van der Waals surface area contributed by atoms with E-state index in [1.807, 2.05) is 33.0 Å². The molecule has 7 heteroatoms. The van der Waals surface area contributed by atoms with Crippen LogP contribution in [0.25, 0.3) is 10.9 Å². The van der Waals surface area contributed by atoms with Gasteiger partial charge in [-0.1, -0.05) is 0 Å². The third-order valence-corrected chi connectivity index (χ3v) is 4.12. The first-order chi connectivity index (χ1) is 11.2. The van der Waals surface area contributed by atoms with Crippen molar-refractivity contribution in [1.82, 2.24) is 9.47 Å². The summed E-state index contributed by atoms with van der Waals surface area (Å²) < 4.78 is 7.51. The molecule has 128 valence electrons. The van der Waals surface area contributed by atoms with E-state index in [0.29, 0.717) is 13.1 Å². The number of benzene rings is 1. The number of likely N-dealkylation sites (tertiary alicyclic amines) is 1. The lowest BCUT2D eigenvalue weighted by Gasteiger charge is -2.24. The third kappa shape index (κ3) is 3.20. The lowest BCUT2D eigenvalue weighted by Crippen LogP contribution is -2.35. The van der Waals surface area contributed by atoms with Crippen molar-refractivity contribution in [3.8, 4) is 0 Å². The van der Waals surface area contributed by atoms with Gasteiger partial charge >= 0.3 is 6.09 Å². The molecule has 1 aromatic heterocycles. The monoisotopic (exact) mass is 331 g/mol. The Hall–Kier alpha value is -2.57. The summed E-state index contributed by atoms with van der Waals surface area (Å²) in [6, 6.07) is 6.88. The fraction of sp³-hybridized carbons (Fsp3) is 0.471. The van der Waals surface area contributed by atoms with E-state index < -0.39 is 10.5 Å². The van der Waals surface area contributed by atoms with Crippen LogP contribution in [0.5, 0.6) is 0 Å². The summed E-state index contributed by atoms with van der Waals surface area (Å²) >= 11 is 0. The molecule has 1 fully saturated rings. The highest BCUT2D eigenvalue weighted by atomic mass is 16.6. The standard InChI is InChI=1S/C17H21N3O4/c1-17(2,3)24-16(21)18-8-7-14(11-18)19-9-6-12-10-13(20(22)23)4-5-15(12)19/h4-6,9-10,14H,7-8,11H2,1-3H3. The summed E-state index contributed by atoms with van der Waals surface area (Å²) in [5.74, 6) is 0. The van der Waals surface area contributed by atoms with E-state index >= 15 is 0 Å². The highest BCUT2D eigenvalue weighted by Gasteiger charge is 2.31. The first-order valence-electron chi connectivity index (χ1n) is 7.97. The molecule has 24 heavy (non-hydrogen) atoms. The molecule has 2 heterocycles. The quantitative estimate of drug-likeness (QED) is 0.620. The van der Waals surface area contributed by atoms with Gasteiger partial charge < -0.3 is 14.2 Å². The topological polar surface area (TPSA) is 77.6 Å². The Bertz CT molecular complexity index is 791. The Balaban J connectivity index is 1.78. The largest absolute Gasteiger partial charge is 0.444 e. The fourth-order valence-corrected chi connectivity index (χ4v) is 3.04. The molecule has 1 aliphatic rings. The zero-order valence-corrected chi connectivity index (χ0v) is 14.1. The van der Waals surface area contributed by atoms with Crippen LogP contribution in [-0.2, 0) is 4.74 Å². The minimum atomic E-state index is -0.506. The van der Waals surface area contributed by atoms with Crippen molar-refractivity contribution < 1.29 is 14.5 Å². The highest BCUT2D eigenvalue weighted by Crippen LogP contribution is 2.29. The van der Waals surface area contributed by atoms with Crippen LogP contribution in [0.15, 0.2) is 30.5 Å². The average Bonchev–Trinajstić information content (AvgIpc) is 3.11. The number of rotatable bonds is 2. The first kappa shape index (κ1) is 16.3. The average molecular weight is 331 g/mol. The molecule has 0 radical (unpaired) electrons. The molecular weight excluding hydrogens is 310 g/mol. The molecule has 7 nitrogen and oxygen atoms in total. The molecule has 0 saturated carbocycles. The predicted molar refractivity (Wildman–Crippen MR) is 90.1 cm³/mol. The van der Waals surface area contributed by atoms with E-state index in [1.165, 1.54) is 6.07 Å². The molecule has 1 aliphatic heterocycles. The molecule has 0 spiro atoms. The second-order valence-corrected chi connectivity index (χ2v) is 7.09. The lowest BCUT2D eigenvalue weighted by molar-refractivity contribution is -0.384. The molecule has 1 saturated heterocycles. The molecular formula is C17H21N3O4. The van der Waals surface area contributed by atoms with Gasteiger partial charge in [0.1, 0.15) is 5.60 Å². The van der Waals surface area contributed by atoms with Crippen LogP contribution in [0.2, 0.25) is 0 Å². The van der Waals surface area contributed by atoms with Crippen molar-refractivity contribution in [2.45, 2.75) is 38.8 Å². The number of non-ortho nitro benzene ring substituents is 1. The molecule has 1 aromatic carbocycles. The number of nitro benzene ring substituents is 1. The van der Waals surface area contributed by atoms with Crippen molar-refractivity contribution in [3.05, 3.63) is 40.6 Å². The van der Waals surface area contributed by atoms with Gasteiger partial charge in [0.2, 0.25) is 0 Å². The third-order valence-electron chi connectivity index (χ3n) is 4.12. The van der Waals surface area contributed by atoms with Crippen LogP contribution in [0.3, 0.4) is 0 Å². The summed E-state index contributed by atoms with van der Waals surface area (Å²) in [6.07, 6.45) is 2.47. The van der Waals surface area contributed by atoms with E-state index in [4.69, 9.17) is 4.74 Å². The fourth-order valence-electron chi connectivity index (χ4n) is 3.04. The number of amides is 1. The van der Waals surface area contributed by atoms with Gasteiger partial charge in [-0.05, 0) is 39.3 Å². The zero-order valence-electron chi connectivity index (χ0n) is 14.1. The number of nitro groups is 1. The van der Waals surface area contributed by atoms with Crippen molar-refractivity contribution >= 4 is 22.7 Å². The van der Waals surface area contributed by atoms with Gasteiger partial charge in [0, 0.05) is 42.3 Å². The first-order valence-corrected chi connectivity index (χ1v) is 7.97. The SMILES string of the molecule is CC(C)(C)OC(=O)N1CCC(n2ccc3cc([N+](=O)[O-])ccc32)C1. The number of ether oxygens (including phenoxy) is 1. The van der Waals surface area contributed by atoms with Crippen LogP contribution in [-0.4, -0.2) is 39.2 Å². The molecule has 1 amide bonds. The number of carbonyl (C=O) groups is 1. The number of hydrogen-bond acceptors (Lipinski definition) is 4. The van der Waals surface area contributed by atoms with E-state index in [-0.39, 0.29) is 17.8 Å². The second-order valence-electron chi connectivity index (χ2n) is 7.09. The molecule has 3 rings (SSSR count). The van der Waals surface area contributed by atoms with Gasteiger partial charge in [-0.15, -0.1) is 0 Å². The van der Waals surface area contributed by atoms with Gasteiger partial charge in [-0.25, -0.2) is 4.79 Å². The van der Waals surface area contributed by atoms with Crippen molar-refractivity contribution in [3.63, 3.8) is 0 Å². The Morgan fingerprint density at radius 2 is 2.08 bits per heavy atom. The predicted octanol–water partition coefficient (Wildman–Crippen LogP) is 3.73. The molecule has 1 unspecified atom stereocenters. The number of fused-ring (bicyclic) bond motifs is 1. The molecule has 0 aliphatic carbocycles. The Morgan fingerprint density at radius 3 is 2.75 bits per heavy atom. The number of nitrogens with zero attached hydrogens (tertiary/aromatic N) is 3. The summed E-state index contributed by atoms with van der Waals surface area (Å²) in [6.45, 7) is 6.78. The van der Waals surface area contributed by atoms with E-state index in [0.717, 1.165) is 17.3 Å². The Kier molecular flexibility index (Phi) is 3.95. The molecule has 2 aromatic rings. The minimum absolute atomic E-state index is 0.0852. The molecule has 1 atom stereocenters. The van der Waals surface area contributed by atoms with Crippen LogP contribution in [0.4, 0.5) is 10.5 Å². The van der Waals surface area contributed by atoms with Crippen LogP contribution in [0.1, 0.15) is 33.2 Å². The number of carbonyl (C=O) groups excluding carboxylic acids is 1. The summed E-state index contributed by atoms with van der Waals surface area (Å²) in [4.78, 5) is 24.4. The lowest BCUT2D eigenvalue weighted by atomic mass is 10.2. The zero-order chi connectivity index (χ0) is 17.5. The van der Waals surface area contributed by atoms with Crippen LogP contribution < -0.4 is 0 Å². The number of hydrogen-bond donors (Lipinski definition) is 0. The summed E-state index contributed by atoms with van der Waals surface area (Å²) in [5, 5.41) is 11.7. The normalized spacial score (nSPS) is 18.1. The van der Waals surface area contributed by atoms with Crippen molar-refractivity contribution in [1.29, 1.82) is 0 Å². The highest BCUT2D eigenvalue weighted by molar-refractivity contribution is 5.82. The molecule has 0 N–H and O–H groups in total. The molecule has 0 bridgehead atoms. The van der Waals surface area contributed by atoms with Crippen LogP contribution in [0, 0.1) is 10.1 Å². The van der Waals surface area contributed by atoms with Crippen molar-refractivity contribution in [2.75, 3.05) is 13.1 Å². The summed E-state index contributed by atoms with van der Waals surface area (Å²) in [5.41, 5.74) is 0.521. The van der Waals surface area contributed by atoms with Gasteiger partial charge in [0.15, 0.2) is 0 Å². The van der Waals surface area contributed by atoms with Crippen LogP contribution >= 0.6 is 0 Å². The van der Waals surface area contributed by atoms with Gasteiger partial charge in [-0.2, -0.15) is 0 Å².